The summed E-state index contributed by atoms with van der Waals surface area (Å²) >= 11 is 0. The first-order valence-corrected chi connectivity index (χ1v) is 3.69. The Balaban J connectivity index is 0. The van der Waals surface area contributed by atoms with Crippen LogP contribution < -0.4 is 5.73 Å². The molecular weight excluding hydrogens is 142 g/mol. The molecule has 68 valence electrons. The van der Waals surface area contributed by atoms with E-state index in [0.717, 1.165) is 0 Å². The van der Waals surface area contributed by atoms with E-state index in [4.69, 9.17) is 5.73 Å². The Hall–Kier alpha value is -0.570. The minimum absolute atomic E-state index is 0. The molecule has 0 aromatic heterocycles. The first-order chi connectivity index (χ1) is 4.77. The number of nitrogens with two attached hydrogens (primary N) is 1. The predicted molar refractivity (Wildman–Crippen MR) is 46.2 cm³/mol. The molecule has 3 heteroatoms. The third-order valence-corrected chi connectivity index (χ3v) is 0.348. The van der Waals surface area contributed by atoms with Crippen molar-refractivity contribution in [1.82, 2.24) is 0 Å². The molecule has 2 N–H and O–H groups in total. The van der Waals surface area contributed by atoms with Crippen LogP contribution in [0.4, 0.5) is 0 Å². The van der Waals surface area contributed by atoms with E-state index >= 15 is 0 Å². The van der Waals surface area contributed by atoms with Crippen molar-refractivity contribution in [2.75, 3.05) is 6.61 Å². The van der Waals surface area contributed by atoms with Gasteiger partial charge in [-0.05, 0) is 27.7 Å². The molecule has 0 heterocycles. The lowest BCUT2D eigenvalue weighted by Gasteiger charge is -2.06. The normalized spacial score (nSPS) is 9.64. The van der Waals surface area contributed by atoms with Gasteiger partial charge in [0.2, 0.25) is 0 Å². The lowest BCUT2D eigenvalue weighted by atomic mass is 10.1. The van der Waals surface area contributed by atoms with Crippen molar-refractivity contribution in [3.05, 3.63) is 0 Å². The second-order valence-corrected chi connectivity index (χ2v) is 3.29. The van der Waals surface area contributed by atoms with Crippen LogP contribution in [0.1, 0.15) is 34.6 Å². The molecule has 0 aliphatic heterocycles. The SMILES string of the molecule is CC(C)(C)N.CCOC(C)=O. The van der Waals surface area contributed by atoms with Gasteiger partial charge in [0.25, 0.3) is 0 Å². The highest BCUT2D eigenvalue weighted by Gasteiger charge is 1.95. The van der Waals surface area contributed by atoms with Crippen LogP contribution in [0.2, 0.25) is 0 Å². The molecule has 0 spiro atoms. The van der Waals surface area contributed by atoms with E-state index < -0.39 is 0 Å². The van der Waals surface area contributed by atoms with E-state index in [2.05, 4.69) is 4.74 Å². The topological polar surface area (TPSA) is 52.3 Å². The summed E-state index contributed by atoms with van der Waals surface area (Å²) in [5.41, 5.74) is 5.35. The van der Waals surface area contributed by atoms with Gasteiger partial charge in [-0.1, -0.05) is 0 Å². The molecule has 0 radical (unpaired) electrons. The molecule has 0 saturated heterocycles. The maximum Gasteiger partial charge on any atom is 0.302 e. The molecule has 0 aliphatic carbocycles. The Morgan fingerprint density at radius 1 is 1.45 bits per heavy atom. The maximum absolute atomic E-state index is 9.82. The number of carbonyl (C=O) groups is 1. The third kappa shape index (κ3) is 88.2. The quantitative estimate of drug-likeness (QED) is 0.590. The van der Waals surface area contributed by atoms with Crippen LogP contribution in [0, 0.1) is 0 Å². The number of carbonyl (C=O) groups excluding carboxylic acids is 1. The van der Waals surface area contributed by atoms with Crippen LogP contribution in [-0.4, -0.2) is 18.1 Å². The predicted octanol–water partition coefficient (Wildman–Crippen LogP) is 1.31. The molecule has 0 amide bonds. The van der Waals surface area contributed by atoms with Crippen LogP contribution in [0.15, 0.2) is 0 Å². The van der Waals surface area contributed by atoms with E-state index in [1.807, 2.05) is 20.8 Å². The number of esters is 1. The summed E-state index contributed by atoms with van der Waals surface area (Å²) in [6, 6.07) is 0. The van der Waals surface area contributed by atoms with E-state index in [1.165, 1.54) is 6.92 Å². The van der Waals surface area contributed by atoms with Crippen molar-refractivity contribution in [2.45, 2.75) is 40.2 Å². The average molecular weight is 161 g/mol. The van der Waals surface area contributed by atoms with Crippen LogP contribution in [0.5, 0.6) is 0 Å². The fourth-order valence-electron chi connectivity index (χ4n) is 0.203. The Morgan fingerprint density at radius 2 is 1.73 bits per heavy atom. The second-order valence-electron chi connectivity index (χ2n) is 3.29. The van der Waals surface area contributed by atoms with Crippen LogP contribution in [0.25, 0.3) is 0 Å². The molecule has 0 aromatic rings. The van der Waals surface area contributed by atoms with E-state index in [0.29, 0.717) is 6.61 Å². The van der Waals surface area contributed by atoms with Gasteiger partial charge in [-0.2, -0.15) is 0 Å². The van der Waals surface area contributed by atoms with Crippen molar-refractivity contribution in [3.8, 4) is 0 Å². The highest BCUT2D eigenvalue weighted by atomic mass is 16.5. The van der Waals surface area contributed by atoms with Gasteiger partial charge in [0, 0.05) is 12.5 Å². The molecule has 0 aliphatic rings. The van der Waals surface area contributed by atoms with Crippen molar-refractivity contribution < 1.29 is 9.53 Å². The van der Waals surface area contributed by atoms with Gasteiger partial charge in [-0.3, -0.25) is 4.79 Å². The van der Waals surface area contributed by atoms with Gasteiger partial charge >= 0.3 is 5.97 Å². The van der Waals surface area contributed by atoms with Gasteiger partial charge in [0.1, 0.15) is 0 Å². The van der Waals surface area contributed by atoms with Crippen LogP contribution >= 0.6 is 0 Å². The summed E-state index contributed by atoms with van der Waals surface area (Å²) in [6.07, 6.45) is 0. The number of hydrogen-bond donors (Lipinski definition) is 1. The summed E-state index contributed by atoms with van der Waals surface area (Å²) in [6.45, 7) is 9.55. The van der Waals surface area contributed by atoms with Crippen LogP contribution in [0.3, 0.4) is 0 Å². The minimum atomic E-state index is -0.211. The van der Waals surface area contributed by atoms with Crippen molar-refractivity contribution in [2.24, 2.45) is 5.73 Å². The summed E-state index contributed by atoms with van der Waals surface area (Å²) in [5.74, 6) is -0.211. The molecule has 3 nitrogen and oxygen atoms in total. The van der Waals surface area contributed by atoms with E-state index in [9.17, 15) is 4.79 Å². The molecule has 0 saturated carbocycles. The molecule has 11 heavy (non-hydrogen) atoms. The fraction of sp³-hybridized carbons (Fsp3) is 0.875. The van der Waals surface area contributed by atoms with Crippen molar-refractivity contribution >= 4 is 5.97 Å². The molecule has 0 aromatic carbocycles. The molecule has 0 rings (SSSR count). The van der Waals surface area contributed by atoms with E-state index in [1.54, 1.807) is 6.92 Å². The first-order valence-electron chi connectivity index (χ1n) is 3.69. The summed E-state index contributed by atoms with van der Waals surface area (Å²) in [4.78, 5) is 9.82. The minimum Gasteiger partial charge on any atom is -0.466 e. The van der Waals surface area contributed by atoms with Gasteiger partial charge in [-0.15, -0.1) is 0 Å². The maximum atomic E-state index is 9.82. The summed E-state index contributed by atoms with van der Waals surface area (Å²) < 4.78 is 4.40. The number of ether oxygens (including phenoxy) is 1. The van der Waals surface area contributed by atoms with Crippen molar-refractivity contribution in [1.29, 1.82) is 0 Å². The first kappa shape index (κ1) is 13.1. The van der Waals surface area contributed by atoms with E-state index in [-0.39, 0.29) is 11.5 Å². The Kier molecular flexibility index (Phi) is 7.31. The molecule has 0 bridgehead atoms. The van der Waals surface area contributed by atoms with Crippen molar-refractivity contribution in [3.63, 3.8) is 0 Å². The van der Waals surface area contributed by atoms with Gasteiger partial charge in [-0.25, -0.2) is 0 Å². The monoisotopic (exact) mass is 161 g/mol. The number of rotatable bonds is 1. The number of hydrogen-bond acceptors (Lipinski definition) is 3. The van der Waals surface area contributed by atoms with Gasteiger partial charge < -0.3 is 10.5 Å². The zero-order valence-electron chi connectivity index (χ0n) is 8.10. The average Bonchev–Trinajstić information content (AvgIpc) is 1.58. The lowest BCUT2D eigenvalue weighted by molar-refractivity contribution is -0.140. The Labute approximate surface area is 68.9 Å². The Morgan fingerprint density at radius 3 is 1.73 bits per heavy atom. The molecule has 0 fully saturated rings. The standard InChI is InChI=1S/C4H11N.C4H8O2/c1-4(2,3)5;1-3-6-4(2)5/h5H2,1-3H3;3H2,1-2H3. The summed E-state index contributed by atoms with van der Waals surface area (Å²) in [5, 5.41) is 0. The largest absolute Gasteiger partial charge is 0.466 e. The fourth-order valence-corrected chi connectivity index (χ4v) is 0.203. The summed E-state index contributed by atoms with van der Waals surface area (Å²) in [7, 11) is 0. The Bertz CT molecular complexity index is 99.1. The third-order valence-electron chi connectivity index (χ3n) is 0.348. The molecule has 0 unspecified atom stereocenters. The smallest absolute Gasteiger partial charge is 0.302 e. The highest BCUT2D eigenvalue weighted by molar-refractivity contribution is 5.65. The highest BCUT2D eigenvalue weighted by Crippen LogP contribution is 1.88. The lowest BCUT2D eigenvalue weighted by Crippen LogP contribution is -2.26. The second kappa shape index (κ2) is 6.16. The van der Waals surface area contributed by atoms with Gasteiger partial charge in [0.15, 0.2) is 0 Å². The zero-order valence-corrected chi connectivity index (χ0v) is 8.10. The molecule has 0 atom stereocenters. The van der Waals surface area contributed by atoms with Gasteiger partial charge in [0.05, 0.1) is 6.61 Å². The van der Waals surface area contributed by atoms with Crippen LogP contribution in [-0.2, 0) is 9.53 Å². The molecular formula is C8H19NO2. The zero-order chi connectivity index (χ0) is 9.49.